The van der Waals surface area contributed by atoms with Crippen LogP contribution >= 0.6 is 23.2 Å². The van der Waals surface area contributed by atoms with Crippen molar-refractivity contribution in [3.05, 3.63) is 87.4 Å². The van der Waals surface area contributed by atoms with Gasteiger partial charge in [-0.3, -0.25) is 9.59 Å². The molecule has 0 spiro atoms. The first-order chi connectivity index (χ1) is 16.3. The molecular formula is C24H19Cl2N3O5. The summed E-state index contributed by atoms with van der Waals surface area (Å²) in [6.07, 6.45) is 1.31. The maximum atomic E-state index is 12.4. The topological polar surface area (TPSA) is 106 Å². The zero-order valence-corrected chi connectivity index (χ0v) is 19.6. The average molecular weight is 500 g/mol. The fraction of sp³-hybridized carbons (Fsp3) is 0.0833. The highest BCUT2D eigenvalue weighted by atomic mass is 35.5. The second-order valence-electron chi connectivity index (χ2n) is 6.94. The van der Waals surface area contributed by atoms with E-state index in [9.17, 15) is 14.4 Å². The van der Waals surface area contributed by atoms with Gasteiger partial charge in [-0.15, -0.1) is 0 Å². The van der Waals surface area contributed by atoms with E-state index in [2.05, 4.69) is 15.8 Å². The number of amides is 2. The molecule has 0 bridgehead atoms. The van der Waals surface area contributed by atoms with Gasteiger partial charge in [0.15, 0.2) is 11.5 Å². The molecule has 174 valence electrons. The summed E-state index contributed by atoms with van der Waals surface area (Å²) in [4.78, 5) is 36.4. The summed E-state index contributed by atoms with van der Waals surface area (Å²) < 4.78 is 10.6. The Morgan fingerprint density at radius 3 is 2.32 bits per heavy atom. The second kappa shape index (κ2) is 11.3. The van der Waals surface area contributed by atoms with Gasteiger partial charge < -0.3 is 14.8 Å². The molecule has 0 aromatic heterocycles. The van der Waals surface area contributed by atoms with Crippen LogP contribution in [-0.2, 0) is 9.59 Å². The van der Waals surface area contributed by atoms with Crippen molar-refractivity contribution in [2.24, 2.45) is 5.10 Å². The van der Waals surface area contributed by atoms with Crippen molar-refractivity contribution in [3.63, 3.8) is 0 Å². The summed E-state index contributed by atoms with van der Waals surface area (Å²) in [5.74, 6) is -2.09. The number of esters is 1. The molecule has 0 unspecified atom stereocenters. The van der Waals surface area contributed by atoms with Crippen LogP contribution in [0.15, 0.2) is 65.8 Å². The van der Waals surface area contributed by atoms with Crippen molar-refractivity contribution in [1.82, 2.24) is 5.43 Å². The third kappa shape index (κ3) is 6.57. The van der Waals surface area contributed by atoms with Crippen molar-refractivity contribution >= 4 is 52.9 Å². The summed E-state index contributed by atoms with van der Waals surface area (Å²) in [6, 6.07) is 16.0. The largest absolute Gasteiger partial charge is 0.493 e. The van der Waals surface area contributed by atoms with Crippen LogP contribution in [0.25, 0.3) is 0 Å². The number of benzene rings is 3. The summed E-state index contributed by atoms with van der Waals surface area (Å²) in [7, 11) is 1.40. The number of hydrogen-bond acceptors (Lipinski definition) is 6. The van der Waals surface area contributed by atoms with E-state index in [0.717, 1.165) is 5.56 Å². The van der Waals surface area contributed by atoms with Crippen molar-refractivity contribution in [2.45, 2.75) is 6.92 Å². The Bertz CT molecular complexity index is 1260. The number of aryl methyl sites for hydroxylation is 1. The minimum atomic E-state index is -0.936. The van der Waals surface area contributed by atoms with E-state index in [0.29, 0.717) is 16.3 Å². The molecule has 0 atom stereocenters. The highest BCUT2D eigenvalue weighted by Gasteiger charge is 2.16. The van der Waals surface area contributed by atoms with Gasteiger partial charge in [0.05, 0.1) is 23.9 Å². The van der Waals surface area contributed by atoms with Gasteiger partial charge in [0.2, 0.25) is 0 Å². The summed E-state index contributed by atoms with van der Waals surface area (Å²) in [6.45, 7) is 1.91. The number of anilines is 1. The Labute approximate surface area is 205 Å². The van der Waals surface area contributed by atoms with Crippen LogP contribution in [-0.4, -0.2) is 31.1 Å². The Balaban J connectivity index is 1.62. The van der Waals surface area contributed by atoms with Crippen LogP contribution in [0.1, 0.15) is 21.5 Å². The predicted octanol–water partition coefficient (Wildman–Crippen LogP) is 4.62. The van der Waals surface area contributed by atoms with Crippen LogP contribution in [0.5, 0.6) is 11.5 Å². The molecule has 3 aromatic rings. The number of carbonyl (C=O) groups is 3. The average Bonchev–Trinajstić information content (AvgIpc) is 2.81. The van der Waals surface area contributed by atoms with E-state index in [4.69, 9.17) is 32.7 Å². The Morgan fingerprint density at radius 1 is 0.912 bits per heavy atom. The van der Waals surface area contributed by atoms with E-state index in [1.165, 1.54) is 43.7 Å². The monoisotopic (exact) mass is 499 g/mol. The molecule has 3 aromatic carbocycles. The summed E-state index contributed by atoms with van der Waals surface area (Å²) in [5.41, 5.74) is 4.32. The second-order valence-corrected chi connectivity index (χ2v) is 7.79. The molecule has 0 radical (unpaired) electrons. The van der Waals surface area contributed by atoms with Crippen LogP contribution in [0.4, 0.5) is 5.69 Å². The molecular weight excluding hydrogens is 481 g/mol. The SMILES string of the molecule is COc1cc(/C=N/NC(=O)C(=O)Nc2ccc(C)cc2)ccc1OC(=O)c1ccc(Cl)cc1Cl. The first kappa shape index (κ1) is 24.8. The quantitative estimate of drug-likeness (QED) is 0.169. The first-order valence-electron chi connectivity index (χ1n) is 9.83. The van der Waals surface area contributed by atoms with Crippen molar-refractivity contribution in [3.8, 4) is 11.5 Å². The molecule has 2 amide bonds. The van der Waals surface area contributed by atoms with Gasteiger partial charge in [-0.05, 0) is 61.0 Å². The van der Waals surface area contributed by atoms with Gasteiger partial charge in [0, 0.05) is 10.7 Å². The number of hydrogen-bond donors (Lipinski definition) is 2. The predicted molar refractivity (Wildman–Crippen MR) is 130 cm³/mol. The van der Waals surface area contributed by atoms with Gasteiger partial charge in [-0.2, -0.15) is 5.10 Å². The third-order valence-corrected chi connectivity index (χ3v) is 4.98. The minimum absolute atomic E-state index is 0.144. The van der Waals surface area contributed by atoms with Gasteiger partial charge in [-0.25, -0.2) is 10.2 Å². The van der Waals surface area contributed by atoms with Crippen LogP contribution < -0.4 is 20.2 Å². The number of rotatable bonds is 6. The van der Waals surface area contributed by atoms with Gasteiger partial charge in [-0.1, -0.05) is 40.9 Å². The van der Waals surface area contributed by atoms with Crippen molar-refractivity contribution < 1.29 is 23.9 Å². The maximum absolute atomic E-state index is 12.4. The summed E-state index contributed by atoms with van der Waals surface area (Å²) in [5, 5.41) is 6.79. The van der Waals surface area contributed by atoms with Gasteiger partial charge in [0.25, 0.3) is 0 Å². The van der Waals surface area contributed by atoms with E-state index in [-0.39, 0.29) is 22.1 Å². The molecule has 34 heavy (non-hydrogen) atoms. The Kier molecular flexibility index (Phi) is 8.24. The normalized spacial score (nSPS) is 10.6. The summed E-state index contributed by atoms with van der Waals surface area (Å²) >= 11 is 11.9. The van der Waals surface area contributed by atoms with Crippen molar-refractivity contribution in [2.75, 3.05) is 12.4 Å². The maximum Gasteiger partial charge on any atom is 0.345 e. The molecule has 8 nitrogen and oxygen atoms in total. The lowest BCUT2D eigenvalue weighted by Crippen LogP contribution is -2.32. The highest BCUT2D eigenvalue weighted by Crippen LogP contribution is 2.30. The number of nitrogens with one attached hydrogen (secondary N) is 2. The lowest BCUT2D eigenvalue weighted by Gasteiger charge is -2.10. The standard InChI is InChI=1S/C24H19Cl2N3O5/c1-14-3-7-17(8-4-14)28-22(30)23(31)29-27-13-15-5-10-20(21(11-15)33-2)34-24(32)18-9-6-16(25)12-19(18)26/h3-13H,1-2H3,(H,28,30)(H,29,31)/b27-13+. The Morgan fingerprint density at radius 2 is 1.65 bits per heavy atom. The molecule has 0 aliphatic rings. The molecule has 0 aliphatic carbocycles. The smallest absolute Gasteiger partial charge is 0.345 e. The zero-order valence-electron chi connectivity index (χ0n) is 18.1. The molecule has 3 rings (SSSR count). The molecule has 10 heteroatoms. The molecule has 0 saturated carbocycles. The van der Waals surface area contributed by atoms with Gasteiger partial charge >= 0.3 is 17.8 Å². The number of hydrazone groups is 1. The highest BCUT2D eigenvalue weighted by molar-refractivity contribution is 6.39. The number of ether oxygens (including phenoxy) is 2. The van der Waals surface area contributed by atoms with Crippen LogP contribution in [0.3, 0.4) is 0 Å². The number of carbonyl (C=O) groups excluding carboxylic acids is 3. The lowest BCUT2D eigenvalue weighted by atomic mass is 10.2. The fourth-order valence-electron chi connectivity index (χ4n) is 2.70. The number of nitrogens with zero attached hydrogens (tertiary/aromatic N) is 1. The first-order valence-corrected chi connectivity index (χ1v) is 10.6. The molecule has 0 aliphatic heterocycles. The molecule has 2 N–H and O–H groups in total. The van der Waals surface area contributed by atoms with Gasteiger partial charge in [0.1, 0.15) is 0 Å². The van der Waals surface area contributed by atoms with E-state index in [1.807, 2.05) is 19.1 Å². The van der Waals surface area contributed by atoms with E-state index < -0.39 is 17.8 Å². The molecule has 0 fully saturated rings. The third-order valence-electron chi connectivity index (χ3n) is 4.44. The van der Waals surface area contributed by atoms with Crippen molar-refractivity contribution in [1.29, 1.82) is 0 Å². The molecule has 0 heterocycles. The van der Waals surface area contributed by atoms with E-state index in [1.54, 1.807) is 18.2 Å². The number of halogens is 2. The number of methoxy groups -OCH3 is 1. The fourth-order valence-corrected chi connectivity index (χ4v) is 3.19. The zero-order chi connectivity index (χ0) is 24.7. The lowest BCUT2D eigenvalue weighted by molar-refractivity contribution is -0.136. The van der Waals surface area contributed by atoms with E-state index >= 15 is 0 Å². The van der Waals surface area contributed by atoms with Crippen LogP contribution in [0.2, 0.25) is 10.0 Å². The Hall–Kier alpha value is -3.88. The minimum Gasteiger partial charge on any atom is -0.493 e. The van der Waals surface area contributed by atoms with Crippen LogP contribution in [0, 0.1) is 6.92 Å². The molecule has 0 saturated heterocycles.